The third-order valence-corrected chi connectivity index (χ3v) is 4.42. The Bertz CT molecular complexity index is 850. The highest BCUT2D eigenvalue weighted by Crippen LogP contribution is 2.29. The second-order valence-electron chi connectivity index (χ2n) is 6.06. The van der Waals surface area contributed by atoms with Gasteiger partial charge in [0.2, 0.25) is 0 Å². The summed E-state index contributed by atoms with van der Waals surface area (Å²) in [5, 5.41) is 9.21. The van der Waals surface area contributed by atoms with Crippen molar-refractivity contribution in [1.29, 1.82) is 0 Å². The zero-order valence-corrected chi connectivity index (χ0v) is 14.4. The van der Waals surface area contributed by atoms with Crippen molar-refractivity contribution in [3.63, 3.8) is 0 Å². The average Bonchev–Trinajstić information content (AvgIpc) is 2.78. The van der Waals surface area contributed by atoms with E-state index in [-0.39, 0.29) is 6.04 Å². The normalized spacial score (nSPS) is 12.6. The number of fused-ring (bicyclic) bond motifs is 1. The lowest BCUT2D eigenvalue weighted by Gasteiger charge is -2.19. The van der Waals surface area contributed by atoms with E-state index >= 15 is 0 Å². The van der Waals surface area contributed by atoms with Gasteiger partial charge in [0.15, 0.2) is 0 Å². The van der Waals surface area contributed by atoms with E-state index in [9.17, 15) is 0 Å². The molecule has 0 aliphatic carbocycles. The van der Waals surface area contributed by atoms with Crippen LogP contribution in [0.5, 0.6) is 0 Å². The Morgan fingerprint density at radius 3 is 2.61 bits per heavy atom. The molecule has 120 valence electrons. The standard InChI is InChI=1S/C18H23N5/c1-6-15(17-12(3)22-23(5)13(17)4)21-18-14-9-11(2)7-8-16(14)19-10-20-18/h7-10,15H,6H2,1-5H3,(H,19,20,21). The fraction of sp³-hybridized carbons (Fsp3) is 0.389. The summed E-state index contributed by atoms with van der Waals surface area (Å²) in [5.41, 5.74) is 5.68. The summed E-state index contributed by atoms with van der Waals surface area (Å²) in [4.78, 5) is 8.84. The van der Waals surface area contributed by atoms with Gasteiger partial charge in [0.05, 0.1) is 17.3 Å². The van der Waals surface area contributed by atoms with Crippen LogP contribution in [-0.2, 0) is 7.05 Å². The van der Waals surface area contributed by atoms with E-state index < -0.39 is 0 Å². The summed E-state index contributed by atoms with van der Waals surface area (Å²) < 4.78 is 1.94. The Morgan fingerprint density at radius 1 is 1.17 bits per heavy atom. The van der Waals surface area contributed by atoms with Gasteiger partial charge in [0.1, 0.15) is 12.1 Å². The lowest BCUT2D eigenvalue weighted by molar-refractivity contribution is 0.715. The van der Waals surface area contributed by atoms with Gasteiger partial charge in [-0.15, -0.1) is 0 Å². The molecule has 1 N–H and O–H groups in total. The Morgan fingerprint density at radius 2 is 1.96 bits per heavy atom. The van der Waals surface area contributed by atoms with E-state index in [1.165, 1.54) is 16.8 Å². The lowest BCUT2D eigenvalue weighted by Crippen LogP contribution is -2.13. The first-order valence-electron chi connectivity index (χ1n) is 7.99. The Kier molecular flexibility index (Phi) is 4.03. The lowest BCUT2D eigenvalue weighted by atomic mass is 10.0. The van der Waals surface area contributed by atoms with Crippen molar-refractivity contribution in [3.8, 4) is 0 Å². The molecular formula is C18H23N5. The van der Waals surface area contributed by atoms with Gasteiger partial charge in [-0.25, -0.2) is 9.97 Å². The molecule has 3 rings (SSSR count). The molecule has 2 heterocycles. The smallest absolute Gasteiger partial charge is 0.137 e. The van der Waals surface area contributed by atoms with E-state index in [0.29, 0.717) is 0 Å². The molecule has 0 amide bonds. The molecule has 0 radical (unpaired) electrons. The van der Waals surface area contributed by atoms with Gasteiger partial charge in [-0.3, -0.25) is 4.68 Å². The number of anilines is 1. The van der Waals surface area contributed by atoms with E-state index in [0.717, 1.165) is 28.8 Å². The van der Waals surface area contributed by atoms with Gasteiger partial charge in [-0.05, 0) is 39.3 Å². The third-order valence-electron chi connectivity index (χ3n) is 4.42. The highest BCUT2D eigenvalue weighted by atomic mass is 15.3. The first-order valence-corrected chi connectivity index (χ1v) is 7.99. The summed E-state index contributed by atoms with van der Waals surface area (Å²) >= 11 is 0. The number of rotatable bonds is 4. The van der Waals surface area contributed by atoms with Crippen LogP contribution in [0.15, 0.2) is 24.5 Å². The van der Waals surface area contributed by atoms with Gasteiger partial charge in [0, 0.05) is 23.7 Å². The van der Waals surface area contributed by atoms with E-state index in [4.69, 9.17) is 0 Å². The van der Waals surface area contributed by atoms with Crippen molar-refractivity contribution in [3.05, 3.63) is 47.0 Å². The predicted octanol–water partition coefficient (Wildman–Crippen LogP) is 3.85. The Balaban J connectivity index is 2.04. The molecule has 2 aromatic heterocycles. The molecule has 0 bridgehead atoms. The van der Waals surface area contributed by atoms with Crippen molar-refractivity contribution in [2.24, 2.45) is 7.05 Å². The minimum absolute atomic E-state index is 0.183. The summed E-state index contributed by atoms with van der Waals surface area (Å²) in [6, 6.07) is 6.43. The van der Waals surface area contributed by atoms with Gasteiger partial charge in [-0.2, -0.15) is 5.10 Å². The van der Waals surface area contributed by atoms with Crippen molar-refractivity contribution in [2.45, 2.75) is 40.2 Å². The molecule has 5 nitrogen and oxygen atoms in total. The number of aryl methyl sites for hydroxylation is 3. The molecule has 1 unspecified atom stereocenters. The highest BCUT2D eigenvalue weighted by Gasteiger charge is 2.20. The number of aromatic nitrogens is 4. The van der Waals surface area contributed by atoms with E-state index in [1.807, 2.05) is 17.8 Å². The Labute approximate surface area is 136 Å². The molecule has 23 heavy (non-hydrogen) atoms. The quantitative estimate of drug-likeness (QED) is 0.795. The van der Waals surface area contributed by atoms with Crippen molar-refractivity contribution >= 4 is 16.7 Å². The maximum absolute atomic E-state index is 4.54. The van der Waals surface area contributed by atoms with E-state index in [1.54, 1.807) is 6.33 Å². The molecule has 1 aromatic carbocycles. The molecular weight excluding hydrogens is 286 g/mol. The average molecular weight is 309 g/mol. The van der Waals surface area contributed by atoms with Crippen molar-refractivity contribution in [1.82, 2.24) is 19.7 Å². The van der Waals surface area contributed by atoms with Crippen molar-refractivity contribution < 1.29 is 0 Å². The first kappa shape index (κ1) is 15.5. The molecule has 0 spiro atoms. The van der Waals surface area contributed by atoms with Crippen LogP contribution in [0.25, 0.3) is 10.9 Å². The predicted molar refractivity (Wildman–Crippen MR) is 93.6 cm³/mol. The highest BCUT2D eigenvalue weighted by molar-refractivity contribution is 5.89. The molecule has 0 aliphatic rings. The van der Waals surface area contributed by atoms with Crippen LogP contribution in [0, 0.1) is 20.8 Å². The molecule has 0 saturated carbocycles. The van der Waals surface area contributed by atoms with Crippen LogP contribution in [0.2, 0.25) is 0 Å². The molecule has 0 aliphatic heterocycles. The minimum atomic E-state index is 0.183. The van der Waals surface area contributed by atoms with Gasteiger partial charge in [-0.1, -0.05) is 18.6 Å². The van der Waals surface area contributed by atoms with Crippen LogP contribution < -0.4 is 5.32 Å². The van der Waals surface area contributed by atoms with Gasteiger partial charge >= 0.3 is 0 Å². The zero-order valence-electron chi connectivity index (χ0n) is 14.4. The zero-order chi connectivity index (χ0) is 16.6. The molecule has 0 saturated heterocycles. The van der Waals surface area contributed by atoms with Gasteiger partial charge < -0.3 is 5.32 Å². The molecule has 3 aromatic rings. The van der Waals surface area contributed by atoms with Gasteiger partial charge in [0.25, 0.3) is 0 Å². The molecule has 0 fully saturated rings. The minimum Gasteiger partial charge on any atom is -0.363 e. The largest absolute Gasteiger partial charge is 0.363 e. The maximum atomic E-state index is 4.54. The van der Waals surface area contributed by atoms with Crippen LogP contribution in [0.3, 0.4) is 0 Å². The third kappa shape index (κ3) is 2.79. The monoisotopic (exact) mass is 309 g/mol. The van der Waals surface area contributed by atoms with Crippen LogP contribution >= 0.6 is 0 Å². The Hall–Kier alpha value is -2.43. The fourth-order valence-electron chi connectivity index (χ4n) is 3.12. The topological polar surface area (TPSA) is 55.6 Å². The number of nitrogens with one attached hydrogen (secondary N) is 1. The second-order valence-corrected chi connectivity index (χ2v) is 6.06. The van der Waals surface area contributed by atoms with Crippen LogP contribution in [0.4, 0.5) is 5.82 Å². The van der Waals surface area contributed by atoms with Crippen LogP contribution in [-0.4, -0.2) is 19.7 Å². The fourth-order valence-corrected chi connectivity index (χ4v) is 3.12. The van der Waals surface area contributed by atoms with Crippen molar-refractivity contribution in [2.75, 3.05) is 5.32 Å². The number of nitrogens with zero attached hydrogens (tertiary/aromatic N) is 4. The molecule has 1 atom stereocenters. The summed E-state index contributed by atoms with van der Waals surface area (Å²) in [7, 11) is 1.99. The second kappa shape index (κ2) is 5.99. The van der Waals surface area contributed by atoms with Crippen LogP contribution in [0.1, 0.15) is 41.9 Å². The number of hydrogen-bond acceptors (Lipinski definition) is 4. The summed E-state index contributed by atoms with van der Waals surface area (Å²) in [5.74, 6) is 0.883. The summed E-state index contributed by atoms with van der Waals surface area (Å²) in [6.07, 6.45) is 2.58. The summed E-state index contributed by atoms with van der Waals surface area (Å²) in [6.45, 7) is 8.44. The first-order chi connectivity index (χ1) is 11.0. The maximum Gasteiger partial charge on any atom is 0.137 e. The molecule has 5 heteroatoms. The number of benzene rings is 1. The number of hydrogen-bond donors (Lipinski definition) is 1. The van der Waals surface area contributed by atoms with E-state index in [2.05, 4.69) is 60.2 Å². The SMILES string of the molecule is CCC(Nc1ncnc2ccc(C)cc12)c1c(C)nn(C)c1C.